The molecule has 0 bridgehead atoms. The first-order chi connectivity index (χ1) is 11.8. The molecule has 122 valence electrons. The Morgan fingerprint density at radius 2 is 2.00 bits per heavy atom. The van der Waals surface area contributed by atoms with E-state index in [1.165, 1.54) is 5.69 Å². The van der Waals surface area contributed by atoms with Crippen molar-refractivity contribution in [3.63, 3.8) is 0 Å². The van der Waals surface area contributed by atoms with E-state index in [9.17, 15) is 0 Å². The van der Waals surface area contributed by atoms with Gasteiger partial charge >= 0.3 is 0 Å². The molecule has 0 amide bonds. The molecule has 24 heavy (non-hydrogen) atoms. The number of pyridine rings is 1. The first-order valence-corrected chi connectivity index (χ1v) is 8.20. The molecular formula is C18H17ClN4O. The van der Waals surface area contributed by atoms with Gasteiger partial charge in [-0.15, -0.1) is 0 Å². The summed E-state index contributed by atoms with van der Waals surface area (Å²) in [6.45, 7) is 2.58. The van der Waals surface area contributed by atoms with E-state index in [0.717, 1.165) is 42.0 Å². The van der Waals surface area contributed by atoms with Gasteiger partial charge in [-0.3, -0.25) is 9.67 Å². The summed E-state index contributed by atoms with van der Waals surface area (Å²) in [6, 6.07) is 9.82. The molecule has 0 saturated carbocycles. The summed E-state index contributed by atoms with van der Waals surface area (Å²) >= 11 is 6.32. The molecule has 2 aromatic heterocycles. The Bertz CT molecular complexity index is 876. The maximum absolute atomic E-state index is 6.32. The lowest BCUT2D eigenvalue weighted by Crippen LogP contribution is -2.28. The average molecular weight is 341 g/mol. The lowest BCUT2D eigenvalue weighted by molar-refractivity contribution is 0.415. The van der Waals surface area contributed by atoms with Crippen molar-refractivity contribution in [1.29, 1.82) is 0 Å². The Morgan fingerprint density at radius 3 is 2.75 bits per heavy atom. The van der Waals surface area contributed by atoms with E-state index in [1.54, 1.807) is 19.5 Å². The Kier molecular flexibility index (Phi) is 3.96. The summed E-state index contributed by atoms with van der Waals surface area (Å²) in [7, 11) is 1.62. The van der Waals surface area contributed by atoms with E-state index in [1.807, 2.05) is 30.3 Å². The highest BCUT2D eigenvalue weighted by molar-refractivity contribution is 6.32. The largest absolute Gasteiger partial charge is 0.495 e. The highest BCUT2D eigenvalue weighted by Gasteiger charge is 2.22. The SMILES string of the molecule is COc1ccc(-c2nn3c(c2-c2ccncc2)CNCC3)cc1Cl. The minimum Gasteiger partial charge on any atom is -0.495 e. The topological polar surface area (TPSA) is 52.0 Å². The molecule has 0 aliphatic carbocycles. The molecule has 4 rings (SSSR count). The van der Waals surface area contributed by atoms with E-state index >= 15 is 0 Å². The van der Waals surface area contributed by atoms with Crippen LogP contribution in [0.15, 0.2) is 42.7 Å². The Balaban J connectivity index is 1.92. The number of benzene rings is 1. The first kappa shape index (κ1) is 15.2. The summed E-state index contributed by atoms with van der Waals surface area (Å²) in [6.07, 6.45) is 3.61. The summed E-state index contributed by atoms with van der Waals surface area (Å²) < 4.78 is 7.34. The minimum atomic E-state index is 0.583. The Hall–Kier alpha value is -2.37. The Morgan fingerprint density at radius 1 is 1.17 bits per heavy atom. The van der Waals surface area contributed by atoms with Crippen LogP contribution in [0.25, 0.3) is 22.4 Å². The monoisotopic (exact) mass is 340 g/mol. The quantitative estimate of drug-likeness (QED) is 0.794. The van der Waals surface area contributed by atoms with Crippen molar-refractivity contribution in [3.05, 3.63) is 53.4 Å². The van der Waals surface area contributed by atoms with Crippen LogP contribution < -0.4 is 10.1 Å². The number of nitrogens with one attached hydrogen (secondary N) is 1. The fraction of sp³-hybridized carbons (Fsp3) is 0.222. The molecule has 3 heterocycles. The van der Waals surface area contributed by atoms with Crippen molar-refractivity contribution in [2.75, 3.05) is 13.7 Å². The number of aromatic nitrogens is 3. The van der Waals surface area contributed by atoms with Gasteiger partial charge in [-0.1, -0.05) is 11.6 Å². The molecule has 0 unspecified atom stereocenters. The molecule has 0 fully saturated rings. The highest BCUT2D eigenvalue weighted by Crippen LogP contribution is 2.37. The molecule has 0 radical (unpaired) electrons. The van der Waals surface area contributed by atoms with Gasteiger partial charge in [0.05, 0.1) is 24.4 Å². The predicted molar refractivity (Wildman–Crippen MR) is 94.2 cm³/mol. The van der Waals surface area contributed by atoms with Gasteiger partial charge in [0.25, 0.3) is 0 Å². The van der Waals surface area contributed by atoms with E-state index in [4.69, 9.17) is 21.4 Å². The van der Waals surface area contributed by atoms with Crippen molar-refractivity contribution in [2.45, 2.75) is 13.1 Å². The van der Waals surface area contributed by atoms with E-state index in [-0.39, 0.29) is 0 Å². The number of hydrogen-bond acceptors (Lipinski definition) is 4. The fourth-order valence-corrected chi connectivity index (χ4v) is 3.35. The van der Waals surface area contributed by atoms with Crippen LogP contribution in [0.3, 0.4) is 0 Å². The van der Waals surface area contributed by atoms with Crippen molar-refractivity contribution in [3.8, 4) is 28.1 Å². The molecular weight excluding hydrogens is 324 g/mol. The third-order valence-corrected chi connectivity index (χ3v) is 4.54. The second-order valence-corrected chi connectivity index (χ2v) is 6.06. The summed E-state index contributed by atoms with van der Waals surface area (Å²) in [4.78, 5) is 4.13. The zero-order valence-corrected chi connectivity index (χ0v) is 14.0. The highest BCUT2D eigenvalue weighted by atomic mass is 35.5. The number of methoxy groups -OCH3 is 1. The molecule has 6 heteroatoms. The van der Waals surface area contributed by atoms with Crippen LogP contribution in [0.4, 0.5) is 0 Å². The van der Waals surface area contributed by atoms with E-state index in [0.29, 0.717) is 10.8 Å². The van der Waals surface area contributed by atoms with Crippen LogP contribution in [0.5, 0.6) is 5.75 Å². The van der Waals surface area contributed by atoms with Crippen molar-refractivity contribution < 1.29 is 4.74 Å². The predicted octanol–water partition coefficient (Wildman–Crippen LogP) is 3.38. The molecule has 1 aliphatic heterocycles. The molecule has 0 atom stereocenters. The number of halogens is 1. The fourth-order valence-electron chi connectivity index (χ4n) is 3.09. The number of fused-ring (bicyclic) bond motifs is 1. The van der Waals surface area contributed by atoms with Gasteiger partial charge < -0.3 is 10.1 Å². The Labute approximate surface area is 145 Å². The van der Waals surface area contributed by atoms with Crippen molar-refractivity contribution in [1.82, 2.24) is 20.1 Å². The second kappa shape index (κ2) is 6.26. The van der Waals surface area contributed by atoms with Gasteiger partial charge in [-0.05, 0) is 35.9 Å². The molecule has 1 aromatic carbocycles. The van der Waals surface area contributed by atoms with Crippen LogP contribution in [0.1, 0.15) is 5.69 Å². The second-order valence-electron chi connectivity index (χ2n) is 5.66. The van der Waals surface area contributed by atoms with Crippen molar-refractivity contribution in [2.24, 2.45) is 0 Å². The molecule has 0 spiro atoms. The molecule has 5 nitrogen and oxygen atoms in total. The van der Waals surface area contributed by atoms with Gasteiger partial charge in [0.15, 0.2) is 0 Å². The maximum atomic E-state index is 6.32. The average Bonchev–Trinajstić information content (AvgIpc) is 3.02. The van der Waals surface area contributed by atoms with Crippen LogP contribution in [-0.2, 0) is 13.1 Å². The smallest absolute Gasteiger partial charge is 0.137 e. The van der Waals surface area contributed by atoms with Gasteiger partial charge in [0.1, 0.15) is 11.4 Å². The lowest BCUT2D eigenvalue weighted by atomic mass is 9.99. The zero-order valence-electron chi connectivity index (χ0n) is 13.3. The van der Waals surface area contributed by atoms with Crippen LogP contribution in [0, 0.1) is 0 Å². The van der Waals surface area contributed by atoms with Crippen LogP contribution in [-0.4, -0.2) is 28.4 Å². The summed E-state index contributed by atoms with van der Waals surface area (Å²) in [5.74, 6) is 0.663. The van der Waals surface area contributed by atoms with Gasteiger partial charge in [-0.2, -0.15) is 5.10 Å². The summed E-state index contributed by atoms with van der Waals surface area (Å²) in [5, 5.41) is 8.86. The normalized spacial score (nSPS) is 13.6. The van der Waals surface area contributed by atoms with Gasteiger partial charge in [-0.25, -0.2) is 0 Å². The maximum Gasteiger partial charge on any atom is 0.137 e. The van der Waals surface area contributed by atoms with Gasteiger partial charge in [0, 0.05) is 36.6 Å². The van der Waals surface area contributed by atoms with Crippen molar-refractivity contribution >= 4 is 11.6 Å². The number of nitrogens with zero attached hydrogens (tertiary/aromatic N) is 3. The standard InChI is InChI=1S/C18H17ClN4O/c1-24-16-3-2-13(10-14(16)19)18-17(12-4-6-20-7-5-12)15-11-21-8-9-23(15)22-18/h2-7,10,21H,8-9,11H2,1H3. The third-order valence-electron chi connectivity index (χ3n) is 4.24. The first-order valence-electron chi connectivity index (χ1n) is 7.82. The van der Waals surface area contributed by atoms with E-state index < -0.39 is 0 Å². The number of rotatable bonds is 3. The minimum absolute atomic E-state index is 0.583. The molecule has 0 saturated heterocycles. The van der Waals surface area contributed by atoms with Gasteiger partial charge in [0.2, 0.25) is 0 Å². The lowest BCUT2D eigenvalue weighted by Gasteiger charge is -2.16. The number of ether oxygens (including phenoxy) is 1. The molecule has 1 aliphatic rings. The van der Waals surface area contributed by atoms with Crippen LogP contribution in [0.2, 0.25) is 5.02 Å². The van der Waals surface area contributed by atoms with E-state index in [2.05, 4.69) is 15.0 Å². The number of hydrogen-bond donors (Lipinski definition) is 1. The van der Waals surface area contributed by atoms with Crippen LogP contribution >= 0.6 is 11.6 Å². The zero-order chi connectivity index (χ0) is 16.5. The molecule has 1 N–H and O–H groups in total. The third kappa shape index (κ3) is 2.56. The summed E-state index contributed by atoms with van der Waals surface area (Å²) in [5.41, 5.74) is 5.34. The molecule has 3 aromatic rings.